The number of anilines is 1. The van der Waals surface area contributed by atoms with Gasteiger partial charge in [0.2, 0.25) is 11.8 Å². The first kappa shape index (κ1) is 30.7. The van der Waals surface area contributed by atoms with Gasteiger partial charge in [0.25, 0.3) is 10.0 Å². The van der Waals surface area contributed by atoms with Gasteiger partial charge in [0.1, 0.15) is 18.3 Å². The molecule has 8 nitrogen and oxygen atoms in total. The number of carbonyl (C=O) groups excluding carboxylic acids is 2. The molecule has 0 saturated heterocycles. The van der Waals surface area contributed by atoms with Crippen molar-refractivity contribution < 1.29 is 22.7 Å². The Hall–Kier alpha value is -3.85. The molecular formula is C31H39N3O5S. The highest BCUT2D eigenvalue weighted by molar-refractivity contribution is 7.92. The molecule has 3 aromatic rings. The molecule has 0 aromatic heterocycles. The molecule has 40 heavy (non-hydrogen) atoms. The molecule has 2 amide bonds. The summed E-state index contributed by atoms with van der Waals surface area (Å²) in [6.07, 6.45) is 0.356. The molecule has 0 fully saturated rings. The molecule has 0 bridgehead atoms. The molecule has 0 aliphatic rings. The van der Waals surface area contributed by atoms with Crippen LogP contribution in [0, 0.1) is 0 Å². The number of carbonyl (C=O) groups is 2. The van der Waals surface area contributed by atoms with Crippen molar-refractivity contribution >= 4 is 27.5 Å². The Labute approximate surface area is 238 Å². The lowest BCUT2D eigenvalue weighted by Gasteiger charge is -2.34. The number of nitrogens with zero attached hydrogens (tertiary/aromatic N) is 2. The zero-order chi connectivity index (χ0) is 29.3. The van der Waals surface area contributed by atoms with E-state index >= 15 is 0 Å². The minimum atomic E-state index is -4.12. The van der Waals surface area contributed by atoms with E-state index in [4.69, 9.17) is 4.74 Å². The van der Waals surface area contributed by atoms with Crippen LogP contribution < -0.4 is 14.4 Å². The second-order valence-electron chi connectivity index (χ2n) is 10.4. The highest BCUT2D eigenvalue weighted by Gasteiger charge is 2.34. The molecule has 1 N–H and O–H groups in total. The fraction of sp³-hybridized carbons (Fsp3) is 0.355. The maximum Gasteiger partial charge on any atom is 0.264 e. The normalized spacial score (nSPS) is 12.3. The molecule has 0 aliphatic carbocycles. The summed E-state index contributed by atoms with van der Waals surface area (Å²) in [4.78, 5) is 28.9. The quantitative estimate of drug-likeness (QED) is 0.333. The third kappa shape index (κ3) is 8.08. The van der Waals surface area contributed by atoms with Crippen molar-refractivity contribution in [3.8, 4) is 5.75 Å². The van der Waals surface area contributed by atoms with Crippen LogP contribution in [-0.4, -0.2) is 49.9 Å². The number of hydrogen-bond acceptors (Lipinski definition) is 5. The molecule has 1 unspecified atom stereocenters. The molecule has 9 heteroatoms. The van der Waals surface area contributed by atoms with E-state index in [1.807, 2.05) is 65.0 Å². The summed E-state index contributed by atoms with van der Waals surface area (Å²) in [6, 6.07) is 23.1. The lowest BCUT2D eigenvalue weighted by Crippen LogP contribution is -2.55. The van der Waals surface area contributed by atoms with Gasteiger partial charge in [-0.2, -0.15) is 0 Å². The van der Waals surface area contributed by atoms with Crippen LogP contribution in [0.25, 0.3) is 0 Å². The first-order valence-corrected chi connectivity index (χ1v) is 14.9. The molecule has 1 atom stereocenters. The third-order valence-corrected chi connectivity index (χ3v) is 7.91. The molecule has 3 rings (SSSR count). The Morgan fingerprint density at radius 3 is 1.98 bits per heavy atom. The molecule has 0 radical (unpaired) electrons. The standard InChI is InChI=1S/C31H39N3O5S/c1-6-28(30(36)32-31(3,4)5)33(22-24-14-10-8-11-15-24)29(35)23-34(25-18-20-26(21-19-25)39-7-2)40(37,38)27-16-12-9-13-17-27/h8-21,28H,6-7,22-23H2,1-5H3,(H,32,36). The lowest BCUT2D eigenvalue weighted by atomic mass is 10.1. The number of sulfonamides is 1. The van der Waals surface area contributed by atoms with Crippen molar-refractivity contribution in [2.45, 2.75) is 64.1 Å². The predicted molar refractivity (Wildman–Crippen MR) is 158 cm³/mol. The summed E-state index contributed by atoms with van der Waals surface area (Å²) in [5.74, 6) is -0.198. The van der Waals surface area contributed by atoms with Crippen LogP contribution in [0.5, 0.6) is 5.75 Å². The van der Waals surface area contributed by atoms with Crippen LogP contribution in [0.15, 0.2) is 89.8 Å². The number of ether oxygens (including phenoxy) is 1. The number of benzene rings is 3. The van der Waals surface area contributed by atoms with Gasteiger partial charge in [0.15, 0.2) is 0 Å². The van der Waals surface area contributed by atoms with Gasteiger partial charge in [-0.25, -0.2) is 8.42 Å². The van der Waals surface area contributed by atoms with Crippen LogP contribution in [-0.2, 0) is 26.2 Å². The zero-order valence-electron chi connectivity index (χ0n) is 23.8. The molecule has 214 valence electrons. The summed E-state index contributed by atoms with van der Waals surface area (Å²) in [6.45, 7) is 9.45. The van der Waals surface area contributed by atoms with E-state index < -0.39 is 34.1 Å². The smallest absolute Gasteiger partial charge is 0.264 e. The lowest BCUT2D eigenvalue weighted by molar-refractivity contribution is -0.141. The largest absolute Gasteiger partial charge is 0.494 e. The topological polar surface area (TPSA) is 96.0 Å². The maximum atomic E-state index is 14.1. The Kier molecular flexibility index (Phi) is 10.3. The van der Waals surface area contributed by atoms with Gasteiger partial charge in [-0.05, 0) is 76.1 Å². The SMILES string of the molecule is CCOc1ccc(N(CC(=O)N(Cc2ccccc2)C(CC)C(=O)NC(C)(C)C)S(=O)(=O)c2ccccc2)cc1. The highest BCUT2D eigenvalue weighted by Crippen LogP contribution is 2.27. The van der Waals surface area contributed by atoms with Crippen LogP contribution in [0.1, 0.15) is 46.6 Å². The van der Waals surface area contributed by atoms with Crippen molar-refractivity contribution in [2.75, 3.05) is 17.5 Å². The second kappa shape index (κ2) is 13.5. The van der Waals surface area contributed by atoms with Crippen molar-refractivity contribution in [3.63, 3.8) is 0 Å². The average molecular weight is 566 g/mol. The van der Waals surface area contributed by atoms with E-state index in [1.54, 1.807) is 42.5 Å². The van der Waals surface area contributed by atoms with Crippen molar-refractivity contribution in [3.05, 3.63) is 90.5 Å². The van der Waals surface area contributed by atoms with Gasteiger partial charge in [-0.15, -0.1) is 0 Å². The van der Waals surface area contributed by atoms with E-state index in [0.717, 1.165) is 9.87 Å². The maximum absolute atomic E-state index is 14.1. The van der Waals surface area contributed by atoms with Crippen LogP contribution in [0.4, 0.5) is 5.69 Å². The summed E-state index contributed by atoms with van der Waals surface area (Å²) in [5.41, 5.74) is 0.639. The Bertz CT molecular complexity index is 1360. The minimum absolute atomic E-state index is 0.0591. The zero-order valence-corrected chi connectivity index (χ0v) is 24.6. The van der Waals surface area contributed by atoms with Crippen LogP contribution in [0.2, 0.25) is 0 Å². The van der Waals surface area contributed by atoms with E-state index in [1.165, 1.54) is 17.0 Å². The van der Waals surface area contributed by atoms with Gasteiger partial charge >= 0.3 is 0 Å². The fourth-order valence-electron chi connectivity index (χ4n) is 4.28. The van der Waals surface area contributed by atoms with E-state index in [0.29, 0.717) is 24.5 Å². The number of amides is 2. The Morgan fingerprint density at radius 2 is 1.45 bits per heavy atom. The molecule has 0 saturated carbocycles. The average Bonchev–Trinajstić information content (AvgIpc) is 2.92. The van der Waals surface area contributed by atoms with Crippen molar-refractivity contribution in [2.24, 2.45) is 0 Å². The second-order valence-corrected chi connectivity index (χ2v) is 12.3. The van der Waals surface area contributed by atoms with E-state index in [-0.39, 0.29) is 17.3 Å². The van der Waals surface area contributed by atoms with Gasteiger partial charge in [-0.3, -0.25) is 13.9 Å². The predicted octanol–water partition coefficient (Wildman–Crippen LogP) is 5.00. The van der Waals surface area contributed by atoms with Crippen molar-refractivity contribution in [1.29, 1.82) is 0 Å². The number of rotatable bonds is 12. The Morgan fingerprint density at radius 1 is 0.875 bits per heavy atom. The number of hydrogen-bond donors (Lipinski definition) is 1. The summed E-state index contributed by atoms with van der Waals surface area (Å²) >= 11 is 0. The van der Waals surface area contributed by atoms with E-state index in [9.17, 15) is 18.0 Å². The third-order valence-electron chi connectivity index (χ3n) is 6.13. The van der Waals surface area contributed by atoms with Gasteiger partial charge < -0.3 is 15.0 Å². The highest BCUT2D eigenvalue weighted by atomic mass is 32.2. The van der Waals surface area contributed by atoms with Gasteiger partial charge in [0, 0.05) is 12.1 Å². The molecule has 3 aromatic carbocycles. The Balaban J connectivity index is 2.04. The van der Waals surface area contributed by atoms with E-state index in [2.05, 4.69) is 5.32 Å². The van der Waals surface area contributed by atoms with Crippen molar-refractivity contribution in [1.82, 2.24) is 10.2 Å². The summed E-state index contributed by atoms with van der Waals surface area (Å²) in [7, 11) is -4.12. The van der Waals surface area contributed by atoms with Crippen LogP contribution in [0.3, 0.4) is 0 Å². The molecular weight excluding hydrogens is 526 g/mol. The summed E-state index contributed by atoms with van der Waals surface area (Å²) in [5, 5.41) is 2.97. The first-order valence-electron chi connectivity index (χ1n) is 13.4. The van der Waals surface area contributed by atoms with Crippen LogP contribution >= 0.6 is 0 Å². The van der Waals surface area contributed by atoms with Gasteiger partial charge in [0.05, 0.1) is 17.2 Å². The van der Waals surface area contributed by atoms with Gasteiger partial charge in [-0.1, -0.05) is 55.5 Å². The molecule has 0 spiro atoms. The molecule has 0 heterocycles. The monoisotopic (exact) mass is 565 g/mol. The molecule has 0 aliphatic heterocycles. The fourth-order valence-corrected chi connectivity index (χ4v) is 5.71. The minimum Gasteiger partial charge on any atom is -0.494 e. The summed E-state index contributed by atoms with van der Waals surface area (Å²) < 4.78 is 34.3. The number of nitrogens with one attached hydrogen (secondary N) is 1. The first-order chi connectivity index (χ1) is 19.0.